The molecule has 1 aliphatic heterocycles. The number of rotatable bonds is 5. The third kappa shape index (κ3) is 3.47. The van der Waals surface area contributed by atoms with Gasteiger partial charge in [0.1, 0.15) is 12.4 Å². The molecule has 5 rings (SSSR count). The Morgan fingerprint density at radius 1 is 1.10 bits per heavy atom. The molecule has 7 nitrogen and oxygen atoms in total. The van der Waals surface area contributed by atoms with Crippen molar-refractivity contribution in [1.29, 1.82) is 0 Å². The van der Waals surface area contributed by atoms with Gasteiger partial charge in [-0.2, -0.15) is 0 Å². The molecule has 3 aromatic rings. The highest BCUT2D eigenvalue weighted by molar-refractivity contribution is 8.00. The van der Waals surface area contributed by atoms with Gasteiger partial charge in [0, 0.05) is 11.6 Å². The fraction of sp³-hybridized carbons (Fsp3) is 0.273. The van der Waals surface area contributed by atoms with Gasteiger partial charge in [0.2, 0.25) is 11.8 Å². The van der Waals surface area contributed by atoms with Crippen LogP contribution in [-0.2, 0) is 9.59 Å². The molecule has 1 N–H and O–H groups in total. The highest BCUT2D eigenvalue weighted by atomic mass is 32.2. The van der Waals surface area contributed by atoms with Crippen LogP contribution in [0.15, 0.2) is 59.8 Å². The van der Waals surface area contributed by atoms with Gasteiger partial charge in [-0.1, -0.05) is 42.1 Å². The van der Waals surface area contributed by atoms with Crippen LogP contribution in [0.2, 0.25) is 0 Å². The lowest BCUT2D eigenvalue weighted by Crippen LogP contribution is -2.45. The number of carbonyl (C=O) groups is 2. The molecule has 1 unspecified atom stereocenters. The van der Waals surface area contributed by atoms with Crippen LogP contribution in [0.25, 0.3) is 5.69 Å². The molecule has 1 atom stereocenters. The summed E-state index contributed by atoms with van der Waals surface area (Å²) in [6.45, 7) is 1.86. The largest absolute Gasteiger partial charge is 0.323 e. The first kappa shape index (κ1) is 18.9. The van der Waals surface area contributed by atoms with Crippen molar-refractivity contribution in [3.63, 3.8) is 0 Å². The molecule has 2 amide bonds. The Balaban J connectivity index is 1.43. The van der Waals surface area contributed by atoms with Crippen LogP contribution in [0.3, 0.4) is 0 Å². The van der Waals surface area contributed by atoms with Crippen molar-refractivity contribution in [2.24, 2.45) is 0 Å². The minimum atomic E-state index is -0.428. The van der Waals surface area contributed by atoms with E-state index in [-0.39, 0.29) is 18.4 Å². The Hall–Kier alpha value is -3.13. The Kier molecular flexibility index (Phi) is 4.78. The number of thioether (sulfide) groups is 1. The minimum Gasteiger partial charge on any atom is -0.323 e. The maximum atomic E-state index is 13.3. The number of nitrogens with zero attached hydrogens (tertiary/aromatic N) is 4. The molecule has 2 heterocycles. The Labute approximate surface area is 178 Å². The van der Waals surface area contributed by atoms with E-state index in [1.807, 2.05) is 55.5 Å². The monoisotopic (exact) mass is 419 g/mol. The van der Waals surface area contributed by atoms with Gasteiger partial charge in [-0.05, 0) is 44.0 Å². The quantitative estimate of drug-likeness (QED) is 0.639. The van der Waals surface area contributed by atoms with Crippen molar-refractivity contribution in [3.05, 3.63) is 60.4 Å². The summed E-state index contributed by atoms with van der Waals surface area (Å²) in [5.41, 5.74) is 2.37. The second kappa shape index (κ2) is 7.60. The van der Waals surface area contributed by atoms with Crippen LogP contribution >= 0.6 is 11.8 Å². The number of anilines is 2. The lowest BCUT2D eigenvalue weighted by molar-refractivity contribution is -0.121. The first-order valence-electron chi connectivity index (χ1n) is 9.99. The van der Waals surface area contributed by atoms with E-state index in [0.29, 0.717) is 16.8 Å². The number of aromatic nitrogens is 3. The van der Waals surface area contributed by atoms with Crippen molar-refractivity contribution in [1.82, 2.24) is 14.8 Å². The van der Waals surface area contributed by atoms with Gasteiger partial charge in [-0.25, -0.2) is 0 Å². The maximum Gasteiger partial charge on any atom is 0.244 e. The average Bonchev–Trinajstić information content (AvgIpc) is 3.53. The molecule has 0 saturated heterocycles. The molecule has 30 heavy (non-hydrogen) atoms. The van der Waals surface area contributed by atoms with Crippen LogP contribution in [0.4, 0.5) is 11.4 Å². The van der Waals surface area contributed by atoms with Crippen molar-refractivity contribution in [3.8, 4) is 5.69 Å². The number of para-hydroxylation sites is 3. The molecule has 1 fully saturated rings. The van der Waals surface area contributed by atoms with Gasteiger partial charge in [0.05, 0.1) is 16.6 Å². The molecular weight excluding hydrogens is 398 g/mol. The molecule has 2 aromatic carbocycles. The van der Waals surface area contributed by atoms with Gasteiger partial charge in [-0.15, -0.1) is 10.2 Å². The van der Waals surface area contributed by atoms with Crippen LogP contribution < -0.4 is 10.2 Å². The summed E-state index contributed by atoms with van der Waals surface area (Å²) in [6.07, 6.45) is 2.23. The van der Waals surface area contributed by atoms with Crippen molar-refractivity contribution >= 4 is 35.0 Å². The molecule has 1 saturated carbocycles. The summed E-state index contributed by atoms with van der Waals surface area (Å²) < 4.78 is 2.06. The van der Waals surface area contributed by atoms with Crippen molar-refractivity contribution in [2.45, 2.75) is 36.1 Å². The Morgan fingerprint density at radius 2 is 1.83 bits per heavy atom. The summed E-state index contributed by atoms with van der Waals surface area (Å²) in [7, 11) is 0. The average molecular weight is 420 g/mol. The molecule has 152 valence electrons. The van der Waals surface area contributed by atoms with Gasteiger partial charge in [0.15, 0.2) is 5.16 Å². The number of fused-ring (bicyclic) bond motifs is 1. The second-order valence-corrected chi connectivity index (χ2v) is 8.84. The Bertz CT molecular complexity index is 1110. The zero-order chi connectivity index (χ0) is 20.7. The van der Waals surface area contributed by atoms with Crippen LogP contribution in [0.5, 0.6) is 0 Å². The summed E-state index contributed by atoms with van der Waals surface area (Å²) in [5, 5.41) is 11.9. The molecule has 0 bridgehead atoms. The standard InChI is InChI=1S/C22H21N5O2S/c1-14(21(29)26-13-19(28)23-17-9-5-6-10-18(17)26)30-22-25-24-20(15-11-12-15)27(22)16-7-3-2-4-8-16/h2-10,14-15H,11-13H2,1H3,(H,23,28). The van der Waals surface area contributed by atoms with E-state index in [0.717, 1.165) is 30.0 Å². The second-order valence-electron chi connectivity index (χ2n) is 7.54. The van der Waals surface area contributed by atoms with Crippen LogP contribution in [0.1, 0.15) is 31.5 Å². The van der Waals surface area contributed by atoms with E-state index < -0.39 is 5.25 Å². The van der Waals surface area contributed by atoms with E-state index in [1.165, 1.54) is 11.8 Å². The molecule has 8 heteroatoms. The third-order valence-electron chi connectivity index (χ3n) is 5.28. The van der Waals surface area contributed by atoms with E-state index in [9.17, 15) is 9.59 Å². The SMILES string of the molecule is CC(Sc1nnc(C2CC2)n1-c1ccccc1)C(=O)N1CC(=O)Nc2ccccc21. The molecule has 1 aromatic heterocycles. The predicted octanol–water partition coefficient (Wildman–Crippen LogP) is 3.61. The summed E-state index contributed by atoms with van der Waals surface area (Å²) in [6, 6.07) is 17.3. The summed E-state index contributed by atoms with van der Waals surface area (Å²) in [5.74, 6) is 1.06. The fourth-order valence-electron chi connectivity index (χ4n) is 3.64. The summed E-state index contributed by atoms with van der Waals surface area (Å²) in [4.78, 5) is 26.9. The van der Waals surface area contributed by atoms with Gasteiger partial charge >= 0.3 is 0 Å². The topological polar surface area (TPSA) is 80.1 Å². The number of benzene rings is 2. The minimum absolute atomic E-state index is 0.0133. The number of hydrogen-bond acceptors (Lipinski definition) is 5. The number of carbonyl (C=O) groups excluding carboxylic acids is 2. The lowest BCUT2D eigenvalue weighted by atomic mass is 10.2. The zero-order valence-electron chi connectivity index (χ0n) is 16.5. The molecule has 0 spiro atoms. The highest BCUT2D eigenvalue weighted by Crippen LogP contribution is 2.41. The highest BCUT2D eigenvalue weighted by Gasteiger charge is 2.34. The predicted molar refractivity (Wildman–Crippen MR) is 116 cm³/mol. The van der Waals surface area contributed by atoms with E-state index >= 15 is 0 Å². The van der Waals surface area contributed by atoms with E-state index in [1.54, 1.807) is 11.0 Å². The number of hydrogen-bond donors (Lipinski definition) is 1. The fourth-order valence-corrected chi connectivity index (χ4v) is 4.58. The van der Waals surface area contributed by atoms with Crippen molar-refractivity contribution in [2.75, 3.05) is 16.8 Å². The maximum absolute atomic E-state index is 13.3. The third-order valence-corrected chi connectivity index (χ3v) is 6.31. The molecular formula is C22H21N5O2S. The van der Waals surface area contributed by atoms with E-state index in [4.69, 9.17) is 0 Å². The first-order chi connectivity index (χ1) is 14.6. The van der Waals surface area contributed by atoms with E-state index in [2.05, 4.69) is 20.1 Å². The summed E-state index contributed by atoms with van der Waals surface area (Å²) >= 11 is 1.38. The first-order valence-corrected chi connectivity index (χ1v) is 10.9. The lowest BCUT2D eigenvalue weighted by Gasteiger charge is -2.30. The molecule has 1 aliphatic carbocycles. The molecule has 2 aliphatic rings. The number of nitrogens with one attached hydrogen (secondary N) is 1. The van der Waals surface area contributed by atoms with Crippen LogP contribution in [0, 0.1) is 0 Å². The van der Waals surface area contributed by atoms with Gasteiger partial charge in [0.25, 0.3) is 0 Å². The zero-order valence-corrected chi connectivity index (χ0v) is 17.3. The van der Waals surface area contributed by atoms with Crippen molar-refractivity contribution < 1.29 is 9.59 Å². The smallest absolute Gasteiger partial charge is 0.244 e. The van der Waals surface area contributed by atoms with Gasteiger partial charge < -0.3 is 5.32 Å². The molecule has 0 radical (unpaired) electrons. The Morgan fingerprint density at radius 3 is 2.60 bits per heavy atom. The normalized spacial score (nSPS) is 16.7. The number of amides is 2. The van der Waals surface area contributed by atoms with Gasteiger partial charge in [-0.3, -0.25) is 19.1 Å². The van der Waals surface area contributed by atoms with Crippen LogP contribution in [-0.4, -0.2) is 38.4 Å².